The van der Waals surface area contributed by atoms with Crippen LogP contribution in [-0.2, 0) is 9.53 Å². The molecule has 3 aromatic carbocycles. The summed E-state index contributed by atoms with van der Waals surface area (Å²) >= 11 is 7.10. The first-order chi connectivity index (χ1) is 15.0. The molecule has 1 N–H and O–H groups in total. The second-order valence-electron chi connectivity index (χ2n) is 6.46. The Morgan fingerprint density at radius 2 is 1.87 bits per heavy atom. The average molecular weight is 454 g/mol. The van der Waals surface area contributed by atoms with Crippen LogP contribution in [0.4, 0.5) is 5.69 Å². The van der Waals surface area contributed by atoms with Gasteiger partial charge < -0.3 is 14.5 Å². The van der Waals surface area contributed by atoms with Gasteiger partial charge in [-0.1, -0.05) is 53.7 Å². The molecule has 0 radical (unpaired) electrons. The van der Waals surface area contributed by atoms with E-state index < -0.39 is 5.97 Å². The van der Waals surface area contributed by atoms with Crippen LogP contribution in [0.2, 0.25) is 5.02 Å². The Morgan fingerprint density at radius 3 is 2.68 bits per heavy atom. The minimum atomic E-state index is -0.581. The van der Waals surface area contributed by atoms with E-state index in [4.69, 9.17) is 16.0 Å². The maximum atomic E-state index is 12.3. The SMILES string of the molecule is COC(=O)c1cc(NC(=O)CSc2nnc(-c3ccc4ccccc4c3)o2)ccc1Cl. The summed E-state index contributed by atoms with van der Waals surface area (Å²) in [6.07, 6.45) is 0. The van der Waals surface area contributed by atoms with Gasteiger partial charge in [0.2, 0.25) is 11.8 Å². The van der Waals surface area contributed by atoms with Crippen molar-refractivity contribution < 1.29 is 18.7 Å². The fraction of sp³-hybridized carbons (Fsp3) is 0.0909. The standard InChI is InChI=1S/C22H16ClN3O4S/c1-29-21(28)17-11-16(8-9-18(17)23)24-19(27)12-31-22-26-25-20(30-22)15-7-6-13-4-2-3-5-14(13)10-15/h2-11H,12H2,1H3,(H,24,27). The van der Waals surface area contributed by atoms with Crippen LogP contribution in [0, 0.1) is 0 Å². The van der Waals surface area contributed by atoms with E-state index in [1.807, 2.05) is 42.5 Å². The number of carbonyl (C=O) groups is 2. The lowest BCUT2D eigenvalue weighted by Crippen LogP contribution is -2.14. The Kier molecular flexibility index (Phi) is 6.20. The van der Waals surface area contributed by atoms with Crippen LogP contribution in [0.15, 0.2) is 70.3 Å². The molecule has 9 heteroatoms. The summed E-state index contributed by atoms with van der Waals surface area (Å²) in [4.78, 5) is 24.0. The number of anilines is 1. The zero-order chi connectivity index (χ0) is 21.8. The number of fused-ring (bicyclic) bond motifs is 1. The van der Waals surface area contributed by atoms with E-state index in [1.165, 1.54) is 19.2 Å². The van der Waals surface area contributed by atoms with Gasteiger partial charge in [0, 0.05) is 11.3 Å². The van der Waals surface area contributed by atoms with E-state index in [1.54, 1.807) is 6.07 Å². The number of carbonyl (C=O) groups excluding carboxylic acids is 2. The second-order valence-corrected chi connectivity index (χ2v) is 7.79. The Balaban J connectivity index is 1.39. The van der Waals surface area contributed by atoms with Crippen LogP contribution >= 0.6 is 23.4 Å². The van der Waals surface area contributed by atoms with Gasteiger partial charge in [0.25, 0.3) is 5.22 Å². The number of hydrogen-bond donors (Lipinski definition) is 1. The summed E-state index contributed by atoms with van der Waals surface area (Å²) in [6.45, 7) is 0. The Morgan fingerprint density at radius 1 is 1.06 bits per heavy atom. The maximum Gasteiger partial charge on any atom is 0.339 e. The summed E-state index contributed by atoms with van der Waals surface area (Å²) < 4.78 is 10.4. The van der Waals surface area contributed by atoms with Gasteiger partial charge >= 0.3 is 5.97 Å². The quantitative estimate of drug-likeness (QED) is 0.322. The van der Waals surface area contributed by atoms with Gasteiger partial charge in [-0.3, -0.25) is 4.79 Å². The third-order valence-electron chi connectivity index (χ3n) is 4.39. The molecule has 0 aliphatic rings. The molecule has 0 atom stereocenters. The maximum absolute atomic E-state index is 12.3. The lowest BCUT2D eigenvalue weighted by atomic mass is 10.1. The van der Waals surface area contributed by atoms with Crippen molar-refractivity contribution in [3.8, 4) is 11.5 Å². The number of ether oxygens (including phenoxy) is 1. The zero-order valence-corrected chi connectivity index (χ0v) is 17.9. The molecule has 4 rings (SSSR count). The molecule has 1 heterocycles. The second kappa shape index (κ2) is 9.20. The highest BCUT2D eigenvalue weighted by Crippen LogP contribution is 2.27. The summed E-state index contributed by atoms with van der Waals surface area (Å²) in [5.41, 5.74) is 1.41. The number of hydrogen-bond acceptors (Lipinski definition) is 7. The number of halogens is 1. The van der Waals surface area contributed by atoms with Gasteiger partial charge in [-0.25, -0.2) is 4.79 Å². The number of aromatic nitrogens is 2. The third-order valence-corrected chi connectivity index (χ3v) is 5.53. The van der Waals surface area contributed by atoms with E-state index >= 15 is 0 Å². The molecule has 31 heavy (non-hydrogen) atoms. The molecule has 0 aliphatic carbocycles. The van der Waals surface area contributed by atoms with Crippen molar-refractivity contribution >= 4 is 51.7 Å². The highest BCUT2D eigenvalue weighted by Gasteiger charge is 2.14. The van der Waals surface area contributed by atoms with Gasteiger partial charge in [0.1, 0.15) is 0 Å². The Labute approximate surface area is 186 Å². The molecule has 0 unspecified atom stereocenters. The number of thioether (sulfide) groups is 1. The number of rotatable bonds is 6. The molecule has 1 amide bonds. The molecular weight excluding hydrogens is 438 g/mol. The van der Waals surface area contributed by atoms with Crippen molar-refractivity contribution in [1.82, 2.24) is 10.2 Å². The fourth-order valence-corrected chi connectivity index (χ4v) is 3.66. The van der Waals surface area contributed by atoms with Crippen LogP contribution in [0.3, 0.4) is 0 Å². The molecular formula is C22H16ClN3O4S. The number of nitrogens with zero attached hydrogens (tertiary/aromatic N) is 2. The van der Waals surface area contributed by atoms with Crippen molar-refractivity contribution in [1.29, 1.82) is 0 Å². The van der Waals surface area contributed by atoms with Crippen LogP contribution < -0.4 is 5.32 Å². The lowest BCUT2D eigenvalue weighted by Gasteiger charge is -2.07. The molecule has 0 fully saturated rings. The number of esters is 1. The van der Waals surface area contributed by atoms with Crippen molar-refractivity contribution in [2.24, 2.45) is 0 Å². The van der Waals surface area contributed by atoms with Gasteiger partial charge in [-0.2, -0.15) is 0 Å². The lowest BCUT2D eigenvalue weighted by molar-refractivity contribution is -0.113. The number of amides is 1. The van der Waals surface area contributed by atoms with Gasteiger partial charge in [0.05, 0.1) is 23.4 Å². The van der Waals surface area contributed by atoms with Gasteiger partial charge in [0.15, 0.2) is 0 Å². The first kappa shape index (κ1) is 20.9. The normalized spacial score (nSPS) is 10.8. The van der Waals surface area contributed by atoms with Crippen LogP contribution in [0.5, 0.6) is 0 Å². The van der Waals surface area contributed by atoms with E-state index in [2.05, 4.69) is 20.3 Å². The molecule has 0 saturated carbocycles. The van der Waals surface area contributed by atoms with Gasteiger partial charge in [-0.15, -0.1) is 10.2 Å². The summed E-state index contributed by atoms with van der Waals surface area (Å²) in [6, 6.07) is 18.4. The molecule has 0 bridgehead atoms. The smallest absolute Gasteiger partial charge is 0.339 e. The topological polar surface area (TPSA) is 94.3 Å². The highest BCUT2D eigenvalue weighted by atomic mass is 35.5. The molecule has 0 spiro atoms. The molecule has 156 valence electrons. The first-order valence-corrected chi connectivity index (χ1v) is 10.5. The molecule has 0 saturated heterocycles. The minimum absolute atomic E-state index is 0.0511. The van der Waals surface area contributed by atoms with E-state index in [0.29, 0.717) is 11.6 Å². The van der Waals surface area contributed by atoms with Crippen molar-refractivity contribution in [2.45, 2.75) is 5.22 Å². The predicted octanol–water partition coefficient (Wildman–Crippen LogP) is 5.06. The van der Waals surface area contributed by atoms with Crippen molar-refractivity contribution in [3.63, 3.8) is 0 Å². The largest absolute Gasteiger partial charge is 0.465 e. The predicted molar refractivity (Wildman–Crippen MR) is 119 cm³/mol. The summed E-state index contributed by atoms with van der Waals surface area (Å²) in [5, 5.41) is 13.5. The fourth-order valence-electron chi connectivity index (χ4n) is 2.90. The summed E-state index contributed by atoms with van der Waals surface area (Å²) in [5.74, 6) is -0.444. The zero-order valence-electron chi connectivity index (χ0n) is 16.3. The Hall–Kier alpha value is -3.36. The van der Waals surface area contributed by atoms with E-state index in [9.17, 15) is 9.59 Å². The van der Waals surface area contributed by atoms with Crippen molar-refractivity contribution in [3.05, 3.63) is 71.2 Å². The number of benzene rings is 3. The van der Waals surface area contributed by atoms with E-state index in [0.717, 1.165) is 28.1 Å². The third kappa shape index (κ3) is 4.87. The van der Waals surface area contributed by atoms with Crippen LogP contribution in [0.25, 0.3) is 22.2 Å². The van der Waals surface area contributed by atoms with Crippen LogP contribution in [0.1, 0.15) is 10.4 Å². The highest BCUT2D eigenvalue weighted by molar-refractivity contribution is 7.99. The average Bonchev–Trinajstić information content (AvgIpc) is 3.27. The van der Waals surface area contributed by atoms with Crippen molar-refractivity contribution in [2.75, 3.05) is 18.2 Å². The van der Waals surface area contributed by atoms with Crippen LogP contribution in [-0.4, -0.2) is 34.9 Å². The Bertz CT molecular complexity index is 1270. The molecule has 4 aromatic rings. The van der Waals surface area contributed by atoms with E-state index in [-0.39, 0.29) is 27.5 Å². The first-order valence-electron chi connectivity index (χ1n) is 9.16. The molecule has 7 nitrogen and oxygen atoms in total. The number of nitrogens with one attached hydrogen (secondary N) is 1. The molecule has 0 aliphatic heterocycles. The monoisotopic (exact) mass is 453 g/mol. The van der Waals surface area contributed by atoms with Gasteiger partial charge in [-0.05, 0) is 41.1 Å². The number of methoxy groups -OCH3 is 1. The molecule has 1 aromatic heterocycles. The minimum Gasteiger partial charge on any atom is -0.465 e. The summed E-state index contributed by atoms with van der Waals surface area (Å²) in [7, 11) is 1.26.